The molecule has 7 nitrogen and oxygen atoms in total. The van der Waals surface area contributed by atoms with E-state index in [9.17, 15) is 13.2 Å². The van der Waals surface area contributed by atoms with Gasteiger partial charge < -0.3 is 15.8 Å². The fourth-order valence-electron chi connectivity index (χ4n) is 3.54. The summed E-state index contributed by atoms with van der Waals surface area (Å²) in [5.74, 6) is 0.436. The number of hydrogen-bond donors (Lipinski definition) is 2. The summed E-state index contributed by atoms with van der Waals surface area (Å²) in [6.07, 6.45) is 0.323. The molecule has 0 fully saturated rings. The van der Waals surface area contributed by atoms with Crippen molar-refractivity contribution < 1.29 is 17.9 Å². The van der Waals surface area contributed by atoms with Crippen molar-refractivity contribution in [2.24, 2.45) is 10.7 Å². The molecule has 2 aliphatic rings. The number of carbonyl (C=O) groups is 1. The highest BCUT2D eigenvalue weighted by atomic mass is 32.2. The van der Waals surface area contributed by atoms with Gasteiger partial charge in [0.25, 0.3) is 0 Å². The number of hydrogen-bond acceptors (Lipinski definition) is 6. The van der Waals surface area contributed by atoms with Crippen LogP contribution in [0.2, 0.25) is 0 Å². The second-order valence-corrected chi connectivity index (χ2v) is 9.90. The molecular formula is C17H23N3O4S. The number of aliphatic imine (C=N–C) groups is 1. The van der Waals surface area contributed by atoms with E-state index in [2.05, 4.69) is 10.3 Å². The SMILES string of the molecule is CC(=O)Nc1ccc2c(c1)C1(C)N=C(N)C(C)(C)S(=O)(=O)C1CCO2. The molecule has 0 bridgehead atoms. The van der Waals surface area contributed by atoms with Crippen LogP contribution in [0.15, 0.2) is 23.2 Å². The van der Waals surface area contributed by atoms with Crippen LogP contribution in [-0.4, -0.2) is 36.8 Å². The Balaban J connectivity index is 2.26. The first kappa shape index (κ1) is 17.7. The first-order chi connectivity index (χ1) is 11.5. The number of rotatable bonds is 1. The van der Waals surface area contributed by atoms with Gasteiger partial charge in [0.2, 0.25) is 5.91 Å². The smallest absolute Gasteiger partial charge is 0.221 e. The number of amidine groups is 1. The second-order valence-electron chi connectivity index (χ2n) is 7.22. The Morgan fingerprint density at radius 3 is 2.68 bits per heavy atom. The van der Waals surface area contributed by atoms with Gasteiger partial charge in [-0.15, -0.1) is 0 Å². The quantitative estimate of drug-likeness (QED) is 0.785. The standard InChI is InChI=1S/C17H23N3O4S/c1-10(21)19-11-5-6-13-12(9-11)17(4)14(7-8-24-13)25(22,23)16(2,3)15(18)20-17/h5-6,9,14H,7-8H2,1-4H3,(H2,18,20)(H,19,21). The minimum absolute atomic E-state index is 0.0871. The zero-order valence-electron chi connectivity index (χ0n) is 14.8. The molecule has 2 unspecified atom stereocenters. The van der Waals surface area contributed by atoms with Gasteiger partial charge in [-0.1, -0.05) is 0 Å². The summed E-state index contributed by atoms with van der Waals surface area (Å²) >= 11 is 0. The molecular weight excluding hydrogens is 342 g/mol. The number of anilines is 1. The summed E-state index contributed by atoms with van der Waals surface area (Å²) in [5.41, 5.74) is 6.17. The van der Waals surface area contributed by atoms with Crippen molar-refractivity contribution in [1.82, 2.24) is 0 Å². The van der Waals surface area contributed by atoms with Gasteiger partial charge in [-0.3, -0.25) is 9.79 Å². The Hall–Kier alpha value is -2.09. The molecule has 0 spiro atoms. The van der Waals surface area contributed by atoms with Gasteiger partial charge in [0.1, 0.15) is 21.9 Å². The van der Waals surface area contributed by atoms with E-state index in [-0.39, 0.29) is 18.3 Å². The van der Waals surface area contributed by atoms with Crippen LogP contribution in [-0.2, 0) is 20.2 Å². The monoisotopic (exact) mass is 365 g/mol. The number of ether oxygens (including phenoxy) is 1. The van der Waals surface area contributed by atoms with Crippen molar-refractivity contribution in [2.45, 2.75) is 49.7 Å². The highest BCUT2D eigenvalue weighted by molar-refractivity contribution is 7.94. The van der Waals surface area contributed by atoms with Crippen molar-refractivity contribution >= 4 is 27.3 Å². The molecule has 0 saturated carbocycles. The number of carbonyl (C=O) groups excluding carboxylic acids is 1. The van der Waals surface area contributed by atoms with E-state index in [1.54, 1.807) is 39.0 Å². The van der Waals surface area contributed by atoms with Crippen molar-refractivity contribution in [3.63, 3.8) is 0 Å². The van der Waals surface area contributed by atoms with E-state index < -0.39 is 25.4 Å². The number of nitrogens with zero attached hydrogens (tertiary/aromatic N) is 1. The van der Waals surface area contributed by atoms with Crippen LogP contribution in [0, 0.1) is 0 Å². The van der Waals surface area contributed by atoms with Crippen LogP contribution in [0.25, 0.3) is 0 Å². The van der Waals surface area contributed by atoms with Crippen molar-refractivity contribution in [2.75, 3.05) is 11.9 Å². The van der Waals surface area contributed by atoms with Crippen LogP contribution in [0.3, 0.4) is 0 Å². The molecule has 3 N–H and O–H groups in total. The number of benzene rings is 1. The Morgan fingerprint density at radius 2 is 2.04 bits per heavy atom. The third kappa shape index (κ3) is 2.50. The number of amides is 1. The summed E-state index contributed by atoms with van der Waals surface area (Å²) in [7, 11) is -3.59. The van der Waals surface area contributed by atoms with Crippen molar-refractivity contribution in [3.05, 3.63) is 23.8 Å². The zero-order valence-corrected chi connectivity index (χ0v) is 15.6. The van der Waals surface area contributed by atoms with Gasteiger partial charge in [0.15, 0.2) is 9.84 Å². The fourth-order valence-corrected chi connectivity index (χ4v) is 5.78. The average Bonchev–Trinajstić information content (AvgIpc) is 2.63. The molecule has 25 heavy (non-hydrogen) atoms. The summed E-state index contributed by atoms with van der Waals surface area (Å²) in [6.45, 7) is 6.62. The third-order valence-corrected chi connectivity index (χ3v) is 8.24. The lowest BCUT2D eigenvalue weighted by atomic mass is 9.86. The zero-order chi connectivity index (χ0) is 18.6. The maximum absolute atomic E-state index is 13.2. The molecule has 2 heterocycles. The van der Waals surface area contributed by atoms with Gasteiger partial charge in [0.05, 0.1) is 11.9 Å². The number of sulfone groups is 1. The average molecular weight is 365 g/mol. The highest BCUT2D eigenvalue weighted by Gasteiger charge is 2.57. The van der Waals surface area contributed by atoms with Crippen LogP contribution < -0.4 is 15.8 Å². The molecule has 2 aliphatic heterocycles. The largest absolute Gasteiger partial charge is 0.493 e. The Morgan fingerprint density at radius 1 is 1.36 bits per heavy atom. The highest BCUT2D eigenvalue weighted by Crippen LogP contribution is 2.48. The molecule has 0 aliphatic carbocycles. The van der Waals surface area contributed by atoms with E-state index >= 15 is 0 Å². The van der Waals surface area contributed by atoms with E-state index in [0.29, 0.717) is 23.4 Å². The minimum atomic E-state index is -3.59. The Kier molecular flexibility index (Phi) is 3.87. The lowest BCUT2D eigenvalue weighted by Gasteiger charge is -2.43. The van der Waals surface area contributed by atoms with Gasteiger partial charge in [-0.05, 0) is 39.0 Å². The predicted molar refractivity (Wildman–Crippen MR) is 96.6 cm³/mol. The van der Waals surface area contributed by atoms with Crippen molar-refractivity contribution in [1.29, 1.82) is 0 Å². The molecule has 1 aromatic rings. The lowest BCUT2D eigenvalue weighted by molar-refractivity contribution is -0.114. The second kappa shape index (κ2) is 5.45. The topological polar surface area (TPSA) is 111 Å². The molecule has 1 aromatic carbocycles. The van der Waals surface area contributed by atoms with Crippen LogP contribution in [0.5, 0.6) is 5.75 Å². The molecule has 3 rings (SSSR count). The molecule has 0 radical (unpaired) electrons. The number of nitrogens with one attached hydrogen (secondary N) is 1. The third-order valence-electron chi connectivity index (χ3n) is 5.17. The molecule has 1 amide bonds. The summed E-state index contributed by atoms with van der Waals surface area (Å²) in [4.78, 5) is 16.0. The van der Waals surface area contributed by atoms with Crippen molar-refractivity contribution in [3.8, 4) is 5.75 Å². The number of nitrogens with two attached hydrogens (primary N) is 1. The molecule has 0 aromatic heterocycles. The predicted octanol–water partition coefficient (Wildman–Crippen LogP) is 1.58. The molecule has 136 valence electrons. The van der Waals surface area contributed by atoms with Gasteiger partial charge in [-0.2, -0.15) is 0 Å². The first-order valence-electron chi connectivity index (χ1n) is 8.14. The maximum atomic E-state index is 13.2. The van der Waals surface area contributed by atoms with Gasteiger partial charge in [-0.25, -0.2) is 8.42 Å². The van der Waals surface area contributed by atoms with Gasteiger partial charge in [0, 0.05) is 24.6 Å². The Labute approximate surface area is 147 Å². The Bertz CT molecular complexity index is 876. The van der Waals surface area contributed by atoms with E-state index in [1.807, 2.05) is 0 Å². The molecule has 0 saturated heterocycles. The van der Waals surface area contributed by atoms with Crippen LogP contribution >= 0.6 is 0 Å². The normalized spacial score (nSPS) is 29.3. The number of fused-ring (bicyclic) bond motifs is 3. The summed E-state index contributed by atoms with van der Waals surface area (Å²) in [5, 5.41) is 1.96. The minimum Gasteiger partial charge on any atom is -0.493 e. The first-order valence-corrected chi connectivity index (χ1v) is 9.69. The lowest BCUT2D eigenvalue weighted by Crippen LogP contribution is -2.59. The molecule has 2 atom stereocenters. The molecule has 8 heteroatoms. The van der Waals surface area contributed by atoms with Crippen LogP contribution in [0.4, 0.5) is 5.69 Å². The summed E-state index contributed by atoms with van der Waals surface area (Å²) < 4.78 is 31.0. The van der Waals surface area contributed by atoms with E-state index in [0.717, 1.165) is 0 Å². The van der Waals surface area contributed by atoms with Crippen LogP contribution in [0.1, 0.15) is 39.7 Å². The fraction of sp³-hybridized carbons (Fsp3) is 0.529. The van der Waals surface area contributed by atoms with Gasteiger partial charge >= 0.3 is 0 Å². The summed E-state index contributed by atoms with van der Waals surface area (Å²) in [6, 6.07) is 5.17. The van der Waals surface area contributed by atoms with E-state index in [4.69, 9.17) is 10.5 Å². The van der Waals surface area contributed by atoms with E-state index in [1.165, 1.54) is 6.92 Å². The maximum Gasteiger partial charge on any atom is 0.221 e.